The number of pyridine rings is 1. The van der Waals surface area contributed by atoms with E-state index >= 15 is 0 Å². The maximum absolute atomic E-state index is 12.4. The Morgan fingerprint density at radius 1 is 1.44 bits per heavy atom. The third-order valence-corrected chi connectivity index (χ3v) is 6.64. The summed E-state index contributed by atoms with van der Waals surface area (Å²) < 4.78 is 21.8. The van der Waals surface area contributed by atoms with Gasteiger partial charge >= 0.3 is 0 Å². The van der Waals surface area contributed by atoms with E-state index in [1.54, 1.807) is 29.1 Å². The molecule has 1 aromatic carbocycles. The fraction of sp³-hybridized carbons (Fsp3) is 0.278. The Bertz CT molecular complexity index is 1130. The highest BCUT2D eigenvalue weighted by molar-refractivity contribution is 8.24. The van der Waals surface area contributed by atoms with Crippen molar-refractivity contribution >= 4 is 33.0 Å². The van der Waals surface area contributed by atoms with E-state index in [2.05, 4.69) is 21.5 Å². The van der Waals surface area contributed by atoms with Gasteiger partial charge in [0.15, 0.2) is 5.82 Å². The number of rotatable bonds is 4. The fourth-order valence-electron chi connectivity index (χ4n) is 3.41. The molecule has 4 N–H and O–H groups in total. The molecule has 8 nitrogen and oxygen atoms in total. The van der Waals surface area contributed by atoms with Gasteiger partial charge < -0.3 is 10.3 Å². The van der Waals surface area contributed by atoms with Crippen molar-refractivity contribution in [2.75, 3.05) is 11.1 Å². The number of benzene rings is 1. The molecule has 3 heterocycles. The Hall–Kier alpha value is -2.80. The van der Waals surface area contributed by atoms with Gasteiger partial charge in [0.2, 0.25) is 0 Å². The van der Waals surface area contributed by atoms with Crippen molar-refractivity contribution in [3.05, 3.63) is 46.4 Å². The molecule has 0 aliphatic carbocycles. The number of anilines is 2. The van der Waals surface area contributed by atoms with Gasteiger partial charge in [0.1, 0.15) is 5.39 Å². The van der Waals surface area contributed by atoms with Gasteiger partial charge in [-0.25, -0.2) is 0 Å². The molecule has 0 fully saturated rings. The van der Waals surface area contributed by atoms with E-state index in [0.29, 0.717) is 39.5 Å². The molecule has 0 amide bonds. The van der Waals surface area contributed by atoms with E-state index in [1.807, 2.05) is 13.0 Å². The lowest BCUT2D eigenvalue weighted by Gasteiger charge is -2.27. The predicted molar refractivity (Wildman–Crippen MR) is 105 cm³/mol. The molecule has 0 unspecified atom stereocenters. The second-order valence-electron chi connectivity index (χ2n) is 6.64. The van der Waals surface area contributed by atoms with E-state index in [1.165, 1.54) is 0 Å². The predicted octanol–water partition coefficient (Wildman–Crippen LogP) is 3.61. The highest BCUT2D eigenvalue weighted by Gasteiger charge is 2.27. The van der Waals surface area contributed by atoms with Crippen LogP contribution in [0, 0.1) is 11.3 Å². The largest absolute Gasteiger partial charge is 0.338 e. The molecular weight excluding hydrogens is 366 g/mol. The molecule has 0 bridgehead atoms. The number of aromatic nitrogens is 3. The van der Waals surface area contributed by atoms with Crippen molar-refractivity contribution in [3.8, 4) is 6.07 Å². The van der Waals surface area contributed by atoms with Crippen molar-refractivity contribution < 1.29 is 9.11 Å². The number of nitriles is 1. The lowest BCUT2D eigenvalue weighted by Crippen LogP contribution is -2.08. The van der Waals surface area contributed by atoms with E-state index in [9.17, 15) is 13.9 Å². The first-order chi connectivity index (χ1) is 12.9. The number of hydrogen-bond donors (Lipinski definition) is 4. The summed E-state index contributed by atoms with van der Waals surface area (Å²) >= 11 is 0. The second-order valence-corrected chi connectivity index (χ2v) is 8.82. The Morgan fingerprint density at radius 3 is 3.04 bits per heavy atom. The Kier molecular flexibility index (Phi) is 4.19. The minimum Gasteiger partial charge on any atom is -0.338 e. The molecule has 9 heteroatoms. The van der Waals surface area contributed by atoms with Crippen molar-refractivity contribution in [1.82, 2.24) is 14.8 Å². The van der Waals surface area contributed by atoms with E-state index in [4.69, 9.17) is 5.26 Å². The Morgan fingerprint density at radius 2 is 2.26 bits per heavy atom. The van der Waals surface area contributed by atoms with Gasteiger partial charge in [-0.15, -0.1) is 0 Å². The number of aryl methyl sites for hydroxylation is 1. The van der Waals surface area contributed by atoms with Crippen LogP contribution in [-0.4, -0.2) is 29.6 Å². The van der Waals surface area contributed by atoms with Crippen LogP contribution in [-0.2, 0) is 6.42 Å². The summed E-state index contributed by atoms with van der Waals surface area (Å²) in [7, 11) is -2.68. The number of H-pyrrole nitrogens is 1. The lowest BCUT2D eigenvalue weighted by atomic mass is 10.1. The standard InChI is InChI=1S/C18H19N5O3S/c1-11(4-7-19)23-14-5-8-20-18(24)16(14)17(22-23)21-13-2-3-15-12(10-13)6-9-27(15,25)26/h2-3,5,8,10-11,25-26H,4,6,9H2,1H3,(H,20,24)(H,21,22)/t11-/m0/s1. The van der Waals surface area contributed by atoms with Crippen molar-refractivity contribution in [3.63, 3.8) is 0 Å². The minimum absolute atomic E-state index is 0.178. The third-order valence-electron chi connectivity index (χ3n) is 4.77. The van der Waals surface area contributed by atoms with Gasteiger partial charge in [0.25, 0.3) is 5.56 Å². The minimum atomic E-state index is -2.68. The average Bonchev–Trinajstić information content (AvgIpc) is 3.14. The average molecular weight is 385 g/mol. The monoisotopic (exact) mass is 385 g/mol. The first kappa shape index (κ1) is 17.6. The third kappa shape index (κ3) is 2.98. The maximum Gasteiger partial charge on any atom is 0.261 e. The molecule has 27 heavy (non-hydrogen) atoms. The van der Waals surface area contributed by atoms with Gasteiger partial charge in [-0.3, -0.25) is 18.6 Å². The maximum atomic E-state index is 12.4. The zero-order valence-corrected chi connectivity index (χ0v) is 15.5. The van der Waals surface area contributed by atoms with Crippen LogP contribution in [0.1, 0.15) is 24.9 Å². The summed E-state index contributed by atoms with van der Waals surface area (Å²) in [5.74, 6) is 0.746. The molecule has 0 spiro atoms. The molecule has 0 radical (unpaired) electrons. The number of nitrogens with zero attached hydrogens (tertiary/aromatic N) is 3. The van der Waals surface area contributed by atoms with E-state index in [-0.39, 0.29) is 18.0 Å². The molecule has 1 atom stereocenters. The number of hydrogen-bond acceptors (Lipinski definition) is 6. The Labute approximate surface area is 156 Å². The zero-order valence-electron chi connectivity index (χ0n) is 14.6. The second kappa shape index (κ2) is 6.42. The van der Waals surface area contributed by atoms with Crippen LogP contribution in [0.25, 0.3) is 10.9 Å². The highest BCUT2D eigenvalue weighted by atomic mass is 32.3. The molecule has 3 aromatic rings. The molecular formula is C18H19N5O3S. The SMILES string of the molecule is C[C@@H](CC#N)n1nc(Nc2ccc3c(c2)CCS3(O)O)c2c(=O)[nH]ccc21. The lowest BCUT2D eigenvalue weighted by molar-refractivity contribution is 0.492. The molecule has 4 rings (SSSR count). The van der Waals surface area contributed by atoms with Crippen LogP contribution in [0.5, 0.6) is 0 Å². The summed E-state index contributed by atoms with van der Waals surface area (Å²) in [5, 5.41) is 17.1. The highest BCUT2D eigenvalue weighted by Crippen LogP contribution is 2.55. The quantitative estimate of drug-likeness (QED) is 0.543. The summed E-state index contributed by atoms with van der Waals surface area (Å²) in [6.07, 6.45) is 2.44. The van der Waals surface area contributed by atoms with Crippen LogP contribution in [0.15, 0.2) is 40.2 Å². The van der Waals surface area contributed by atoms with Gasteiger partial charge in [-0.1, -0.05) is 0 Å². The number of nitrogens with one attached hydrogen (secondary N) is 2. The van der Waals surface area contributed by atoms with Crippen molar-refractivity contribution in [2.45, 2.75) is 30.7 Å². The van der Waals surface area contributed by atoms with Crippen LogP contribution in [0.3, 0.4) is 0 Å². The van der Waals surface area contributed by atoms with Gasteiger partial charge in [0, 0.05) is 17.6 Å². The van der Waals surface area contributed by atoms with E-state index < -0.39 is 10.6 Å². The van der Waals surface area contributed by atoms with Crippen LogP contribution < -0.4 is 10.9 Å². The van der Waals surface area contributed by atoms with Crippen molar-refractivity contribution in [2.24, 2.45) is 0 Å². The summed E-state index contributed by atoms with van der Waals surface area (Å²) in [6, 6.07) is 9.03. The normalized spacial score (nSPS) is 17.3. The first-order valence-electron chi connectivity index (χ1n) is 8.53. The van der Waals surface area contributed by atoms with Crippen LogP contribution in [0.2, 0.25) is 0 Å². The topological polar surface area (TPSA) is 127 Å². The van der Waals surface area contributed by atoms with Gasteiger partial charge in [-0.2, -0.15) is 21.0 Å². The summed E-state index contributed by atoms with van der Waals surface area (Å²) in [4.78, 5) is 15.6. The molecule has 0 saturated heterocycles. The first-order valence-corrected chi connectivity index (χ1v) is 10.2. The molecule has 140 valence electrons. The summed E-state index contributed by atoms with van der Waals surface area (Å²) in [5.41, 5.74) is 1.99. The smallest absolute Gasteiger partial charge is 0.261 e. The zero-order chi connectivity index (χ0) is 19.2. The van der Waals surface area contributed by atoms with E-state index in [0.717, 1.165) is 5.56 Å². The molecule has 1 aliphatic rings. The Balaban J connectivity index is 1.77. The molecule has 1 aliphatic heterocycles. The number of fused-ring (bicyclic) bond motifs is 2. The van der Waals surface area contributed by atoms with Gasteiger partial charge in [0.05, 0.1) is 28.9 Å². The summed E-state index contributed by atoms with van der Waals surface area (Å²) in [6.45, 7) is 1.88. The van der Waals surface area contributed by atoms with Crippen LogP contribution in [0.4, 0.5) is 11.5 Å². The van der Waals surface area contributed by atoms with Crippen molar-refractivity contribution in [1.29, 1.82) is 5.26 Å². The number of aromatic amines is 1. The van der Waals surface area contributed by atoms with Crippen LogP contribution >= 0.6 is 10.6 Å². The molecule has 2 aromatic heterocycles. The molecule has 0 saturated carbocycles. The van der Waals surface area contributed by atoms with Gasteiger partial charge in [-0.05, 0) is 43.2 Å². The fourth-order valence-corrected chi connectivity index (χ4v) is 5.00.